The molecule has 3 aromatic rings. The summed E-state index contributed by atoms with van der Waals surface area (Å²) in [6, 6.07) is 14.5. The third kappa shape index (κ3) is 4.18. The lowest BCUT2D eigenvalue weighted by Gasteiger charge is -2.05. The van der Waals surface area contributed by atoms with Crippen LogP contribution in [0.1, 0.15) is 23.2 Å². The Morgan fingerprint density at radius 2 is 2.00 bits per heavy atom. The van der Waals surface area contributed by atoms with Crippen molar-refractivity contribution >= 4 is 11.7 Å². The minimum atomic E-state index is -0.385. The Kier molecular flexibility index (Phi) is 5.48. The maximum atomic E-state index is 11.6. The van der Waals surface area contributed by atoms with Gasteiger partial charge < -0.3 is 19.3 Å². The molecule has 2 aromatic carbocycles. The maximum Gasteiger partial charge on any atom is 0.337 e. The van der Waals surface area contributed by atoms with E-state index in [1.165, 1.54) is 7.11 Å². The molecule has 0 aliphatic rings. The Morgan fingerprint density at radius 1 is 1.19 bits per heavy atom. The van der Waals surface area contributed by atoms with Gasteiger partial charge in [0.1, 0.15) is 5.75 Å². The van der Waals surface area contributed by atoms with Crippen LogP contribution in [0.4, 0.5) is 5.69 Å². The molecule has 7 heteroatoms. The fourth-order valence-corrected chi connectivity index (χ4v) is 2.36. The monoisotopic (exact) mass is 353 g/mol. The van der Waals surface area contributed by atoms with Crippen LogP contribution in [0.5, 0.6) is 5.75 Å². The molecular weight excluding hydrogens is 334 g/mol. The standard InChI is InChI=1S/C19H19N3O4/c1-3-25-16-9-7-13(8-10-16)18-21-17(26-22-18)12-20-15-6-4-5-14(11-15)19(23)24-2/h4-11,20H,3,12H2,1-2H3. The zero-order chi connectivity index (χ0) is 18.4. The van der Waals surface area contributed by atoms with Crippen LogP contribution in [-0.2, 0) is 11.3 Å². The van der Waals surface area contributed by atoms with Gasteiger partial charge in [-0.25, -0.2) is 4.79 Å². The number of ether oxygens (including phenoxy) is 2. The molecule has 0 aliphatic heterocycles. The number of benzene rings is 2. The van der Waals surface area contributed by atoms with E-state index in [2.05, 4.69) is 15.5 Å². The fraction of sp³-hybridized carbons (Fsp3) is 0.211. The van der Waals surface area contributed by atoms with E-state index >= 15 is 0 Å². The van der Waals surface area contributed by atoms with Crippen molar-refractivity contribution in [3.63, 3.8) is 0 Å². The molecule has 0 aliphatic carbocycles. The summed E-state index contributed by atoms with van der Waals surface area (Å²) < 4.78 is 15.4. The lowest BCUT2D eigenvalue weighted by molar-refractivity contribution is 0.0601. The summed E-state index contributed by atoms with van der Waals surface area (Å²) in [7, 11) is 1.35. The Morgan fingerprint density at radius 3 is 2.73 bits per heavy atom. The molecular formula is C19H19N3O4. The molecule has 0 saturated carbocycles. The average Bonchev–Trinajstić information content (AvgIpc) is 3.16. The quantitative estimate of drug-likeness (QED) is 0.650. The van der Waals surface area contributed by atoms with Gasteiger partial charge in [-0.2, -0.15) is 4.98 Å². The van der Waals surface area contributed by atoms with Gasteiger partial charge >= 0.3 is 5.97 Å². The van der Waals surface area contributed by atoms with E-state index in [0.29, 0.717) is 30.4 Å². The first-order valence-electron chi connectivity index (χ1n) is 8.17. The van der Waals surface area contributed by atoms with Crippen LogP contribution >= 0.6 is 0 Å². The lowest BCUT2D eigenvalue weighted by atomic mass is 10.2. The van der Waals surface area contributed by atoms with Crippen molar-refractivity contribution in [2.45, 2.75) is 13.5 Å². The average molecular weight is 353 g/mol. The van der Waals surface area contributed by atoms with E-state index < -0.39 is 0 Å². The number of esters is 1. The summed E-state index contributed by atoms with van der Waals surface area (Å²) in [4.78, 5) is 15.9. The van der Waals surface area contributed by atoms with E-state index in [1.54, 1.807) is 18.2 Å². The normalized spacial score (nSPS) is 10.4. The van der Waals surface area contributed by atoms with Gasteiger partial charge in [0.15, 0.2) is 0 Å². The molecule has 3 rings (SSSR count). The number of hydrogen-bond donors (Lipinski definition) is 1. The molecule has 1 N–H and O–H groups in total. The third-order valence-corrected chi connectivity index (χ3v) is 3.62. The van der Waals surface area contributed by atoms with Crippen molar-refractivity contribution in [1.29, 1.82) is 0 Å². The number of hydrogen-bond acceptors (Lipinski definition) is 7. The minimum absolute atomic E-state index is 0.342. The Labute approximate surface area is 150 Å². The van der Waals surface area contributed by atoms with Gasteiger partial charge in [0.05, 0.1) is 25.8 Å². The molecule has 0 radical (unpaired) electrons. The first kappa shape index (κ1) is 17.5. The summed E-state index contributed by atoms with van der Waals surface area (Å²) >= 11 is 0. The van der Waals surface area contributed by atoms with Crippen molar-refractivity contribution in [3.05, 3.63) is 60.0 Å². The van der Waals surface area contributed by atoms with Crippen molar-refractivity contribution in [1.82, 2.24) is 10.1 Å². The summed E-state index contributed by atoms with van der Waals surface area (Å²) in [5, 5.41) is 7.14. The van der Waals surface area contributed by atoms with E-state index in [-0.39, 0.29) is 5.97 Å². The highest BCUT2D eigenvalue weighted by molar-refractivity contribution is 5.90. The molecule has 0 saturated heterocycles. The predicted molar refractivity (Wildman–Crippen MR) is 96.0 cm³/mol. The van der Waals surface area contributed by atoms with Crippen LogP contribution in [0.25, 0.3) is 11.4 Å². The van der Waals surface area contributed by atoms with Gasteiger partial charge in [-0.3, -0.25) is 0 Å². The van der Waals surface area contributed by atoms with E-state index in [0.717, 1.165) is 17.0 Å². The number of aromatic nitrogens is 2. The number of nitrogens with one attached hydrogen (secondary N) is 1. The maximum absolute atomic E-state index is 11.6. The SMILES string of the molecule is CCOc1ccc(-c2noc(CNc3cccc(C(=O)OC)c3)n2)cc1. The van der Waals surface area contributed by atoms with E-state index in [1.807, 2.05) is 37.3 Å². The van der Waals surface area contributed by atoms with E-state index in [9.17, 15) is 4.79 Å². The van der Waals surface area contributed by atoms with Crippen LogP contribution in [-0.4, -0.2) is 29.8 Å². The zero-order valence-electron chi connectivity index (χ0n) is 14.6. The van der Waals surface area contributed by atoms with Crippen LogP contribution in [0.15, 0.2) is 53.1 Å². The molecule has 0 unspecified atom stereocenters. The zero-order valence-corrected chi connectivity index (χ0v) is 14.6. The highest BCUT2D eigenvalue weighted by atomic mass is 16.5. The van der Waals surface area contributed by atoms with Crippen LogP contribution in [0.2, 0.25) is 0 Å². The number of rotatable bonds is 7. The molecule has 0 spiro atoms. The molecule has 0 amide bonds. The predicted octanol–water partition coefficient (Wildman–Crippen LogP) is 3.53. The number of carbonyl (C=O) groups excluding carboxylic acids is 1. The second kappa shape index (κ2) is 8.15. The van der Waals surface area contributed by atoms with Gasteiger partial charge in [-0.15, -0.1) is 0 Å². The minimum Gasteiger partial charge on any atom is -0.494 e. The Hall–Kier alpha value is -3.35. The first-order valence-corrected chi connectivity index (χ1v) is 8.17. The van der Waals surface area contributed by atoms with Crippen LogP contribution < -0.4 is 10.1 Å². The number of carbonyl (C=O) groups is 1. The topological polar surface area (TPSA) is 86.5 Å². The molecule has 26 heavy (non-hydrogen) atoms. The molecule has 0 bridgehead atoms. The molecule has 1 heterocycles. The number of nitrogens with zero attached hydrogens (tertiary/aromatic N) is 2. The number of methoxy groups -OCH3 is 1. The third-order valence-electron chi connectivity index (χ3n) is 3.62. The van der Waals surface area contributed by atoms with Crippen LogP contribution in [0, 0.1) is 0 Å². The fourth-order valence-electron chi connectivity index (χ4n) is 2.36. The summed E-state index contributed by atoms with van der Waals surface area (Å²) in [5.74, 6) is 1.36. The second-order valence-corrected chi connectivity index (χ2v) is 5.40. The summed E-state index contributed by atoms with van der Waals surface area (Å²) in [6.45, 7) is 2.90. The van der Waals surface area contributed by atoms with Crippen molar-refractivity contribution in [3.8, 4) is 17.1 Å². The van der Waals surface area contributed by atoms with Gasteiger partial charge in [-0.1, -0.05) is 11.2 Å². The largest absolute Gasteiger partial charge is 0.494 e. The van der Waals surface area contributed by atoms with Crippen molar-refractivity contribution in [2.75, 3.05) is 19.0 Å². The molecule has 7 nitrogen and oxygen atoms in total. The van der Waals surface area contributed by atoms with Crippen molar-refractivity contribution < 1.29 is 18.8 Å². The van der Waals surface area contributed by atoms with E-state index in [4.69, 9.17) is 14.0 Å². The molecule has 0 atom stereocenters. The lowest BCUT2D eigenvalue weighted by Crippen LogP contribution is -2.04. The van der Waals surface area contributed by atoms with Gasteiger partial charge in [0.2, 0.25) is 11.7 Å². The Balaban J connectivity index is 1.64. The molecule has 0 fully saturated rings. The summed E-state index contributed by atoms with van der Waals surface area (Å²) in [6.07, 6.45) is 0. The summed E-state index contributed by atoms with van der Waals surface area (Å²) in [5.41, 5.74) is 2.07. The van der Waals surface area contributed by atoms with Gasteiger partial charge in [0, 0.05) is 11.3 Å². The van der Waals surface area contributed by atoms with Crippen LogP contribution in [0.3, 0.4) is 0 Å². The molecule has 1 aromatic heterocycles. The smallest absolute Gasteiger partial charge is 0.337 e. The van der Waals surface area contributed by atoms with Crippen molar-refractivity contribution in [2.24, 2.45) is 0 Å². The van der Waals surface area contributed by atoms with Gasteiger partial charge in [-0.05, 0) is 49.4 Å². The first-order chi connectivity index (χ1) is 12.7. The Bertz CT molecular complexity index is 875. The molecule has 134 valence electrons. The number of anilines is 1. The second-order valence-electron chi connectivity index (χ2n) is 5.40. The van der Waals surface area contributed by atoms with Gasteiger partial charge in [0.25, 0.3) is 0 Å². The highest BCUT2D eigenvalue weighted by Crippen LogP contribution is 2.20. The highest BCUT2D eigenvalue weighted by Gasteiger charge is 2.10.